The molecule has 96 valence electrons. The van der Waals surface area contributed by atoms with E-state index in [4.69, 9.17) is 0 Å². The van der Waals surface area contributed by atoms with Crippen molar-refractivity contribution in [2.75, 3.05) is 25.5 Å². The van der Waals surface area contributed by atoms with Crippen LogP contribution in [-0.2, 0) is 6.54 Å². The number of hydrogen-bond donors (Lipinski definition) is 1. The number of hydrogen-bond acceptors (Lipinski definition) is 2. The topological polar surface area (TPSA) is 15.3 Å². The van der Waals surface area contributed by atoms with Gasteiger partial charge in [0.25, 0.3) is 0 Å². The molecule has 2 heteroatoms. The average molecular weight is 234 g/mol. The van der Waals surface area contributed by atoms with Crippen LogP contribution in [0, 0.1) is 0 Å². The molecule has 2 nitrogen and oxygen atoms in total. The van der Waals surface area contributed by atoms with Crippen LogP contribution >= 0.6 is 0 Å². The number of unbranched alkanes of at least 4 members (excludes halogenated alkanes) is 3. The molecule has 0 unspecified atom stereocenters. The summed E-state index contributed by atoms with van der Waals surface area (Å²) in [6.07, 6.45) is 5.32. The van der Waals surface area contributed by atoms with E-state index < -0.39 is 0 Å². The van der Waals surface area contributed by atoms with E-state index in [1.807, 2.05) is 0 Å². The van der Waals surface area contributed by atoms with Gasteiger partial charge in [-0.15, -0.1) is 0 Å². The van der Waals surface area contributed by atoms with Crippen LogP contribution in [0.4, 0.5) is 5.69 Å². The van der Waals surface area contributed by atoms with Gasteiger partial charge in [-0.3, -0.25) is 0 Å². The van der Waals surface area contributed by atoms with E-state index >= 15 is 0 Å². The molecule has 0 bridgehead atoms. The van der Waals surface area contributed by atoms with E-state index in [0.717, 1.165) is 13.1 Å². The molecule has 0 heterocycles. The van der Waals surface area contributed by atoms with Crippen LogP contribution in [0.5, 0.6) is 0 Å². The molecule has 1 aromatic rings. The Labute approximate surface area is 106 Å². The first-order valence-electron chi connectivity index (χ1n) is 6.71. The van der Waals surface area contributed by atoms with Gasteiger partial charge in [-0.2, -0.15) is 0 Å². The number of anilines is 1. The normalized spacial score (nSPS) is 10.5. The molecule has 0 aliphatic rings. The van der Waals surface area contributed by atoms with Crippen LogP contribution < -0.4 is 10.2 Å². The molecule has 0 saturated carbocycles. The van der Waals surface area contributed by atoms with Crippen molar-refractivity contribution in [2.24, 2.45) is 0 Å². The Morgan fingerprint density at radius 2 is 1.71 bits per heavy atom. The lowest BCUT2D eigenvalue weighted by Crippen LogP contribution is -2.15. The molecule has 0 aliphatic carbocycles. The molecule has 0 saturated heterocycles. The highest BCUT2D eigenvalue weighted by molar-refractivity contribution is 5.45. The number of nitrogens with one attached hydrogen (secondary N) is 1. The molecule has 1 rings (SSSR count). The van der Waals surface area contributed by atoms with Crippen molar-refractivity contribution in [3.05, 3.63) is 29.8 Å². The van der Waals surface area contributed by atoms with Crippen LogP contribution in [0.1, 0.15) is 38.2 Å². The van der Waals surface area contributed by atoms with Crippen molar-refractivity contribution in [3.63, 3.8) is 0 Å². The molecule has 0 amide bonds. The molecule has 1 N–H and O–H groups in total. The fourth-order valence-corrected chi connectivity index (χ4v) is 1.82. The highest BCUT2D eigenvalue weighted by Gasteiger charge is 1.96. The molecule has 0 spiro atoms. The summed E-state index contributed by atoms with van der Waals surface area (Å²) in [5, 5.41) is 3.50. The Bertz CT molecular complexity index is 290. The third-order valence-electron chi connectivity index (χ3n) is 2.99. The molecule has 0 aromatic heterocycles. The van der Waals surface area contributed by atoms with Gasteiger partial charge in [0.2, 0.25) is 0 Å². The van der Waals surface area contributed by atoms with Crippen molar-refractivity contribution in [1.29, 1.82) is 0 Å². The molecule has 0 radical (unpaired) electrons. The highest BCUT2D eigenvalue weighted by atomic mass is 15.1. The summed E-state index contributed by atoms with van der Waals surface area (Å²) >= 11 is 0. The van der Waals surface area contributed by atoms with Crippen LogP contribution in [0.3, 0.4) is 0 Å². The van der Waals surface area contributed by atoms with Gasteiger partial charge in [0, 0.05) is 26.3 Å². The summed E-state index contributed by atoms with van der Waals surface area (Å²) in [4.78, 5) is 2.13. The number of benzene rings is 1. The smallest absolute Gasteiger partial charge is 0.0361 e. The zero-order chi connectivity index (χ0) is 12.5. The van der Waals surface area contributed by atoms with E-state index in [9.17, 15) is 0 Å². The van der Waals surface area contributed by atoms with Gasteiger partial charge in [0.05, 0.1) is 0 Å². The summed E-state index contributed by atoms with van der Waals surface area (Å²) in [5.74, 6) is 0. The van der Waals surface area contributed by atoms with Gasteiger partial charge in [0.15, 0.2) is 0 Å². The molecule has 0 fully saturated rings. The SMILES string of the molecule is CCCCCCNCc1ccc(N(C)C)cc1. The second-order valence-corrected chi connectivity index (χ2v) is 4.80. The maximum Gasteiger partial charge on any atom is 0.0361 e. The van der Waals surface area contributed by atoms with Crippen LogP contribution in [0.25, 0.3) is 0 Å². The molecule has 17 heavy (non-hydrogen) atoms. The van der Waals surface area contributed by atoms with Gasteiger partial charge in [0.1, 0.15) is 0 Å². The van der Waals surface area contributed by atoms with E-state index in [1.54, 1.807) is 0 Å². The van der Waals surface area contributed by atoms with Crippen LogP contribution in [0.2, 0.25) is 0 Å². The number of nitrogens with zero attached hydrogens (tertiary/aromatic N) is 1. The third-order valence-corrected chi connectivity index (χ3v) is 2.99. The molecule has 0 atom stereocenters. The van der Waals surface area contributed by atoms with E-state index in [1.165, 1.54) is 36.9 Å². The van der Waals surface area contributed by atoms with Gasteiger partial charge < -0.3 is 10.2 Å². The minimum Gasteiger partial charge on any atom is -0.378 e. The summed E-state index contributed by atoms with van der Waals surface area (Å²) in [5.41, 5.74) is 2.63. The van der Waals surface area contributed by atoms with Gasteiger partial charge >= 0.3 is 0 Å². The van der Waals surface area contributed by atoms with E-state index in [-0.39, 0.29) is 0 Å². The summed E-state index contributed by atoms with van der Waals surface area (Å²) in [6.45, 7) is 4.37. The first kappa shape index (κ1) is 14.0. The fraction of sp³-hybridized carbons (Fsp3) is 0.600. The Hall–Kier alpha value is -1.02. The third kappa shape index (κ3) is 5.73. The quantitative estimate of drug-likeness (QED) is 0.693. The Balaban J connectivity index is 2.19. The minimum absolute atomic E-state index is 0.986. The largest absolute Gasteiger partial charge is 0.378 e. The molecular formula is C15H26N2. The predicted molar refractivity (Wildman–Crippen MR) is 76.6 cm³/mol. The summed E-state index contributed by atoms with van der Waals surface area (Å²) in [6, 6.07) is 8.75. The lowest BCUT2D eigenvalue weighted by molar-refractivity contribution is 0.598. The average Bonchev–Trinajstić information content (AvgIpc) is 2.34. The zero-order valence-electron chi connectivity index (χ0n) is 11.5. The van der Waals surface area contributed by atoms with Crippen molar-refractivity contribution in [3.8, 4) is 0 Å². The maximum atomic E-state index is 3.50. The summed E-state index contributed by atoms with van der Waals surface area (Å²) in [7, 11) is 4.14. The zero-order valence-corrected chi connectivity index (χ0v) is 11.5. The van der Waals surface area contributed by atoms with Crippen molar-refractivity contribution in [2.45, 2.75) is 39.2 Å². The minimum atomic E-state index is 0.986. The molecular weight excluding hydrogens is 208 g/mol. The fourth-order valence-electron chi connectivity index (χ4n) is 1.82. The van der Waals surface area contributed by atoms with Gasteiger partial charge in [-0.1, -0.05) is 38.3 Å². The second-order valence-electron chi connectivity index (χ2n) is 4.80. The first-order valence-corrected chi connectivity index (χ1v) is 6.71. The molecule has 0 aliphatic heterocycles. The van der Waals surface area contributed by atoms with E-state index in [2.05, 4.69) is 55.5 Å². The Morgan fingerprint density at radius 1 is 1.00 bits per heavy atom. The standard InChI is InChI=1S/C15H26N2/c1-4-5-6-7-12-16-13-14-8-10-15(11-9-14)17(2)3/h8-11,16H,4-7,12-13H2,1-3H3. The van der Waals surface area contributed by atoms with Gasteiger partial charge in [-0.25, -0.2) is 0 Å². The van der Waals surface area contributed by atoms with Gasteiger partial charge in [-0.05, 0) is 30.7 Å². The Kier molecular flexibility index (Phi) is 6.71. The Morgan fingerprint density at radius 3 is 2.29 bits per heavy atom. The molecule has 1 aromatic carbocycles. The highest BCUT2D eigenvalue weighted by Crippen LogP contribution is 2.11. The van der Waals surface area contributed by atoms with Crippen molar-refractivity contribution < 1.29 is 0 Å². The number of rotatable bonds is 8. The van der Waals surface area contributed by atoms with Crippen molar-refractivity contribution >= 4 is 5.69 Å². The lowest BCUT2D eigenvalue weighted by Gasteiger charge is -2.12. The van der Waals surface area contributed by atoms with Crippen LogP contribution in [0.15, 0.2) is 24.3 Å². The van der Waals surface area contributed by atoms with Crippen molar-refractivity contribution in [1.82, 2.24) is 5.32 Å². The van der Waals surface area contributed by atoms with Crippen LogP contribution in [-0.4, -0.2) is 20.6 Å². The maximum absolute atomic E-state index is 3.50. The van der Waals surface area contributed by atoms with E-state index in [0.29, 0.717) is 0 Å². The lowest BCUT2D eigenvalue weighted by atomic mass is 10.2. The first-order chi connectivity index (χ1) is 8.24. The summed E-state index contributed by atoms with van der Waals surface area (Å²) < 4.78 is 0. The monoisotopic (exact) mass is 234 g/mol. The predicted octanol–water partition coefficient (Wildman–Crippen LogP) is 3.42. The second kappa shape index (κ2) is 8.13.